The molecule has 2 atom stereocenters. The van der Waals surface area contributed by atoms with Crippen molar-refractivity contribution in [1.29, 1.82) is 0 Å². The van der Waals surface area contributed by atoms with Gasteiger partial charge in [-0.1, -0.05) is 27.2 Å². The number of rotatable bonds is 1. The summed E-state index contributed by atoms with van der Waals surface area (Å²) in [6, 6.07) is 0. The second-order valence-electron chi connectivity index (χ2n) is 3.46. The van der Waals surface area contributed by atoms with E-state index in [1.54, 1.807) is 0 Å². The molecule has 0 aromatic heterocycles. The van der Waals surface area contributed by atoms with Gasteiger partial charge in [0.2, 0.25) is 0 Å². The van der Waals surface area contributed by atoms with Crippen molar-refractivity contribution in [2.75, 3.05) is 0 Å². The molecule has 0 aromatic rings. The second kappa shape index (κ2) is 2.08. The van der Waals surface area contributed by atoms with E-state index in [1.165, 1.54) is 12.8 Å². The van der Waals surface area contributed by atoms with Crippen LogP contribution in [0.15, 0.2) is 0 Å². The van der Waals surface area contributed by atoms with Crippen LogP contribution in [0.3, 0.4) is 0 Å². The summed E-state index contributed by atoms with van der Waals surface area (Å²) < 4.78 is 0. The Morgan fingerprint density at radius 1 is 1.25 bits per heavy atom. The Morgan fingerprint density at radius 3 is 1.88 bits per heavy atom. The highest BCUT2D eigenvalue weighted by Gasteiger charge is 2.28. The van der Waals surface area contributed by atoms with Crippen LogP contribution in [0.2, 0.25) is 0 Å². The van der Waals surface area contributed by atoms with Crippen LogP contribution in [0.25, 0.3) is 0 Å². The Labute approximate surface area is 52.3 Å². The quantitative estimate of drug-likeness (QED) is 0.489. The van der Waals surface area contributed by atoms with E-state index in [4.69, 9.17) is 0 Å². The molecule has 1 saturated carbocycles. The highest BCUT2D eigenvalue weighted by atomic mass is 14.3. The molecule has 8 heavy (non-hydrogen) atoms. The second-order valence-corrected chi connectivity index (χ2v) is 3.46. The minimum Gasteiger partial charge on any atom is -0.0625 e. The minimum atomic E-state index is 0.929. The van der Waals surface area contributed by atoms with Gasteiger partial charge in [-0.2, -0.15) is 0 Å². The first kappa shape index (κ1) is 6.12. The topological polar surface area (TPSA) is 0 Å². The molecule has 2 unspecified atom stereocenters. The van der Waals surface area contributed by atoms with Crippen molar-refractivity contribution in [2.45, 2.75) is 33.6 Å². The normalized spacial score (nSPS) is 37.5. The Kier molecular flexibility index (Phi) is 1.59. The molecule has 0 aliphatic heterocycles. The van der Waals surface area contributed by atoms with Gasteiger partial charge in [-0.15, -0.1) is 0 Å². The van der Waals surface area contributed by atoms with Gasteiger partial charge >= 0.3 is 0 Å². The monoisotopic (exact) mass is 112 g/mol. The van der Waals surface area contributed by atoms with Crippen molar-refractivity contribution in [3.63, 3.8) is 0 Å². The maximum atomic E-state index is 2.37. The zero-order chi connectivity index (χ0) is 6.15. The fourth-order valence-electron chi connectivity index (χ4n) is 1.68. The van der Waals surface area contributed by atoms with E-state index in [0.29, 0.717) is 0 Å². The molecule has 0 spiro atoms. The van der Waals surface area contributed by atoms with Gasteiger partial charge in [0.15, 0.2) is 0 Å². The Hall–Kier alpha value is 0. The van der Waals surface area contributed by atoms with Crippen molar-refractivity contribution in [3.05, 3.63) is 0 Å². The summed E-state index contributed by atoms with van der Waals surface area (Å²) in [5.41, 5.74) is 0. The Morgan fingerprint density at radius 2 is 1.88 bits per heavy atom. The van der Waals surface area contributed by atoms with Gasteiger partial charge in [-0.3, -0.25) is 0 Å². The molecule has 0 N–H and O–H groups in total. The van der Waals surface area contributed by atoms with Crippen LogP contribution in [-0.4, -0.2) is 0 Å². The molecule has 0 saturated heterocycles. The van der Waals surface area contributed by atoms with E-state index in [1.807, 2.05) is 0 Å². The van der Waals surface area contributed by atoms with Crippen LogP contribution in [0.5, 0.6) is 0 Å². The fraction of sp³-hybridized carbons (Fsp3) is 1.00. The van der Waals surface area contributed by atoms with Crippen molar-refractivity contribution in [1.82, 2.24) is 0 Å². The molecule has 1 rings (SSSR count). The van der Waals surface area contributed by atoms with E-state index >= 15 is 0 Å². The average Bonchev–Trinajstić information content (AvgIpc) is 1.61. The van der Waals surface area contributed by atoms with Crippen molar-refractivity contribution in [3.8, 4) is 0 Å². The lowest BCUT2D eigenvalue weighted by Crippen LogP contribution is -2.27. The average molecular weight is 112 g/mol. The van der Waals surface area contributed by atoms with E-state index in [-0.39, 0.29) is 0 Å². The van der Waals surface area contributed by atoms with E-state index in [9.17, 15) is 0 Å². The van der Waals surface area contributed by atoms with Crippen molar-refractivity contribution >= 4 is 0 Å². The predicted molar refractivity (Wildman–Crippen MR) is 36.7 cm³/mol. The lowest BCUT2D eigenvalue weighted by atomic mass is 9.69. The van der Waals surface area contributed by atoms with Crippen LogP contribution in [0.4, 0.5) is 0 Å². The fourth-order valence-corrected chi connectivity index (χ4v) is 1.68. The van der Waals surface area contributed by atoms with Crippen LogP contribution in [-0.2, 0) is 0 Å². The summed E-state index contributed by atoms with van der Waals surface area (Å²) in [5, 5.41) is 0. The molecule has 0 heterocycles. The van der Waals surface area contributed by atoms with Crippen molar-refractivity contribution in [2.24, 2.45) is 17.8 Å². The standard InChI is InChI=1S/C8H16/c1-6(2)8-5-4-7(8)3/h6-8H,4-5H2,1-3H3. The molecule has 0 bridgehead atoms. The molecule has 0 amide bonds. The van der Waals surface area contributed by atoms with E-state index < -0.39 is 0 Å². The molecule has 0 aromatic carbocycles. The maximum absolute atomic E-state index is 2.37. The zero-order valence-corrected chi connectivity index (χ0v) is 6.15. The summed E-state index contributed by atoms with van der Waals surface area (Å²) in [7, 11) is 0. The third kappa shape index (κ3) is 0.888. The summed E-state index contributed by atoms with van der Waals surface area (Å²) >= 11 is 0. The molecule has 0 nitrogen and oxygen atoms in total. The summed E-state index contributed by atoms with van der Waals surface area (Å²) in [4.78, 5) is 0. The molecular formula is C8H16. The van der Waals surface area contributed by atoms with Gasteiger partial charge in [0, 0.05) is 0 Å². The van der Waals surface area contributed by atoms with Crippen LogP contribution in [0.1, 0.15) is 33.6 Å². The molecule has 0 radical (unpaired) electrons. The van der Waals surface area contributed by atoms with Gasteiger partial charge < -0.3 is 0 Å². The van der Waals surface area contributed by atoms with Crippen LogP contribution >= 0.6 is 0 Å². The highest BCUT2D eigenvalue weighted by Crippen LogP contribution is 2.38. The third-order valence-corrected chi connectivity index (χ3v) is 2.54. The molecule has 48 valence electrons. The van der Waals surface area contributed by atoms with Gasteiger partial charge in [-0.05, 0) is 24.2 Å². The summed E-state index contributed by atoms with van der Waals surface area (Å²) in [5.74, 6) is 3.00. The lowest BCUT2D eigenvalue weighted by Gasteiger charge is -2.36. The lowest BCUT2D eigenvalue weighted by molar-refractivity contribution is 0.139. The summed E-state index contributed by atoms with van der Waals surface area (Å²) in [6.07, 6.45) is 2.96. The Bertz CT molecular complexity index is 69.4. The molecular weight excluding hydrogens is 96.1 g/mol. The minimum absolute atomic E-state index is 0.929. The third-order valence-electron chi connectivity index (χ3n) is 2.54. The zero-order valence-electron chi connectivity index (χ0n) is 6.15. The van der Waals surface area contributed by atoms with Gasteiger partial charge in [-0.25, -0.2) is 0 Å². The predicted octanol–water partition coefficient (Wildman–Crippen LogP) is 2.69. The van der Waals surface area contributed by atoms with E-state index in [0.717, 1.165) is 17.8 Å². The molecule has 1 fully saturated rings. The van der Waals surface area contributed by atoms with Gasteiger partial charge in [0.05, 0.1) is 0 Å². The van der Waals surface area contributed by atoms with Crippen LogP contribution < -0.4 is 0 Å². The smallest absolute Gasteiger partial charge is 0.0365 e. The number of hydrogen-bond donors (Lipinski definition) is 0. The first-order chi connectivity index (χ1) is 3.72. The highest BCUT2D eigenvalue weighted by molar-refractivity contribution is 4.78. The molecule has 0 heteroatoms. The summed E-state index contributed by atoms with van der Waals surface area (Å²) in [6.45, 7) is 7.04. The molecule has 1 aliphatic carbocycles. The number of hydrogen-bond acceptors (Lipinski definition) is 0. The van der Waals surface area contributed by atoms with E-state index in [2.05, 4.69) is 20.8 Å². The van der Waals surface area contributed by atoms with Gasteiger partial charge in [0.25, 0.3) is 0 Å². The SMILES string of the molecule is CC(C)C1CCC1C. The maximum Gasteiger partial charge on any atom is -0.0365 e. The largest absolute Gasteiger partial charge is 0.0625 e. The Balaban J connectivity index is 2.26. The molecule has 1 aliphatic rings. The first-order valence-corrected chi connectivity index (χ1v) is 3.72. The van der Waals surface area contributed by atoms with Crippen LogP contribution in [0, 0.1) is 17.8 Å². The van der Waals surface area contributed by atoms with Gasteiger partial charge in [0.1, 0.15) is 0 Å². The van der Waals surface area contributed by atoms with Crippen molar-refractivity contribution < 1.29 is 0 Å². The first-order valence-electron chi connectivity index (χ1n) is 3.72.